The quantitative estimate of drug-likeness (QED) is 0.899. The first-order valence-electron chi connectivity index (χ1n) is 8.46. The molecule has 3 heteroatoms. The van der Waals surface area contributed by atoms with Crippen LogP contribution in [-0.2, 0) is 4.74 Å². The van der Waals surface area contributed by atoms with Gasteiger partial charge in [-0.15, -0.1) is 11.8 Å². The Labute approximate surface area is 132 Å². The Bertz CT molecular complexity index is 563. The number of hydrogen-bond donors (Lipinski definition) is 1. The number of ether oxygens (including phenoxy) is 1. The van der Waals surface area contributed by atoms with Crippen molar-refractivity contribution in [3.8, 4) is 0 Å². The van der Waals surface area contributed by atoms with Gasteiger partial charge < -0.3 is 9.84 Å². The minimum Gasteiger partial charge on any atom is -0.385 e. The van der Waals surface area contributed by atoms with Gasteiger partial charge in [-0.1, -0.05) is 44.2 Å². The highest BCUT2D eigenvalue weighted by Gasteiger charge is 2.59. The van der Waals surface area contributed by atoms with Crippen LogP contribution >= 0.6 is 11.8 Å². The molecule has 1 heterocycles. The van der Waals surface area contributed by atoms with Crippen molar-refractivity contribution >= 4 is 11.8 Å². The van der Waals surface area contributed by atoms with Crippen molar-refractivity contribution in [2.24, 2.45) is 23.2 Å². The molecule has 1 aromatic rings. The topological polar surface area (TPSA) is 29.5 Å². The number of thioether (sulfide) groups is 1. The molecule has 1 aromatic carbocycles. The van der Waals surface area contributed by atoms with E-state index in [-0.39, 0.29) is 0 Å². The van der Waals surface area contributed by atoms with E-state index in [4.69, 9.17) is 6.11 Å². The van der Waals surface area contributed by atoms with Gasteiger partial charge in [0.15, 0.2) is 0 Å². The summed E-state index contributed by atoms with van der Waals surface area (Å²) >= 11 is 1.55. The zero-order chi connectivity index (χ0) is 15.5. The van der Waals surface area contributed by atoms with Gasteiger partial charge >= 0.3 is 0 Å². The third-order valence-corrected chi connectivity index (χ3v) is 7.50. The Kier molecular flexibility index (Phi) is 3.09. The summed E-state index contributed by atoms with van der Waals surface area (Å²) in [6.45, 7) is 5.38. The van der Waals surface area contributed by atoms with E-state index < -0.39 is 11.5 Å². The van der Waals surface area contributed by atoms with Crippen LogP contribution in [0, 0.1) is 23.2 Å². The Morgan fingerprint density at radius 1 is 1.33 bits per heavy atom. The third kappa shape index (κ3) is 2.16. The lowest BCUT2D eigenvalue weighted by molar-refractivity contribution is -0.135. The minimum absolute atomic E-state index is 0.436. The van der Waals surface area contributed by atoms with Gasteiger partial charge in [0, 0.05) is 5.25 Å². The molecule has 0 radical (unpaired) electrons. The minimum atomic E-state index is -1.27. The molecule has 2 nitrogen and oxygen atoms in total. The van der Waals surface area contributed by atoms with Gasteiger partial charge in [0.1, 0.15) is 11.5 Å². The summed E-state index contributed by atoms with van der Waals surface area (Å²) in [6.07, 6.45) is 1.60. The van der Waals surface area contributed by atoms with Crippen LogP contribution in [0.2, 0.25) is 0 Å². The van der Waals surface area contributed by atoms with Gasteiger partial charge in [0.25, 0.3) is 0 Å². The van der Waals surface area contributed by atoms with Crippen molar-refractivity contribution in [1.29, 1.82) is 0 Å². The average Bonchev–Trinajstić information content (AvgIpc) is 2.54. The van der Waals surface area contributed by atoms with E-state index in [0.717, 1.165) is 17.4 Å². The lowest BCUT2D eigenvalue weighted by Crippen LogP contribution is -2.59. The van der Waals surface area contributed by atoms with Crippen LogP contribution in [0.15, 0.2) is 30.3 Å². The van der Waals surface area contributed by atoms with Gasteiger partial charge in [-0.3, -0.25) is 0 Å². The van der Waals surface area contributed by atoms with Crippen molar-refractivity contribution in [1.82, 2.24) is 0 Å². The number of hydrogen-bond acceptors (Lipinski definition) is 3. The van der Waals surface area contributed by atoms with Crippen molar-refractivity contribution in [2.45, 2.75) is 43.5 Å². The molecule has 0 spiro atoms. The maximum absolute atomic E-state index is 10.6. The molecule has 6 atom stereocenters. The predicted octanol–water partition coefficient (Wildman–Crippen LogP) is 3.86. The number of aliphatic hydroxyl groups is 1. The van der Waals surface area contributed by atoms with E-state index in [1.165, 1.54) is 12.8 Å². The molecular weight excluding hydrogens is 280 g/mol. The first-order chi connectivity index (χ1) is 10.4. The van der Waals surface area contributed by atoms with E-state index >= 15 is 0 Å². The Morgan fingerprint density at radius 3 is 2.81 bits per heavy atom. The second-order valence-corrected chi connectivity index (χ2v) is 8.60. The summed E-state index contributed by atoms with van der Waals surface area (Å²) in [6, 6.07) is 9.47. The summed E-state index contributed by atoms with van der Waals surface area (Å²) in [4.78, 5) is 0. The van der Waals surface area contributed by atoms with Crippen LogP contribution in [-0.4, -0.2) is 22.4 Å². The first-order valence-corrected chi connectivity index (χ1v) is 8.84. The van der Waals surface area contributed by atoms with Gasteiger partial charge in [-0.05, 0) is 41.6 Å². The molecule has 0 aromatic heterocycles. The SMILES string of the molecule is [2H][C@@]1([C@@H](O)c2ccccc2)OC[C@@H]2[C@H](C[C@H]3C[C@@H]2C3(C)C)S1. The maximum atomic E-state index is 10.6. The lowest BCUT2D eigenvalue weighted by atomic mass is 9.45. The normalized spacial score (nSPS) is 46.0. The van der Waals surface area contributed by atoms with E-state index in [9.17, 15) is 5.11 Å². The summed E-state index contributed by atoms with van der Waals surface area (Å²) in [5.41, 5.74) is -0.0635. The molecule has 114 valence electrons. The largest absolute Gasteiger partial charge is 0.385 e. The van der Waals surface area contributed by atoms with Crippen molar-refractivity contribution < 1.29 is 11.2 Å². The zero-order valence-electron chi connectivity index (χ0n) is 13.7. The molecule has 4 aliphatic rings. The van der Waals surface area contributed by atoms with E-state index in [2.05, 4.69) is 13.8 Å². The monoisotopic (exact) mass is 305 g/mol. The molecule has 21 heavy (non-hydrogen) atoms. The van der Waals surface area contributed by atoms with Crippen LogP contribution in [0.25, 0.3) is 0 Å². The Hall–Kier alpha value is -0.510. The molecule has 3 saturated carbocycles. The Morgan fingerprint density at radius 2 is 2.10 bits per heavy atom. The number of aliphatic hydroxyl groups excluding tert-OH is 1. The van der Waals surface area contributed by atoms with Crippen LogP contribution in [0.5, 0.6) is 0 Å². The van der Waals surface area contributed by atoms with E-state index in [1.54, 1.807) is 11.8 Å². The second kappa shape index (κ2) is 5.00. The van der Waals surface area contributed by atoms with Gasteiger partial charge in [-0.2, -0.15) is 0 Å². The van der Waals surface area contributed by atoms with E-state index in [0.29, 0.717) is 23.2 Å². The van der Waals surface area contributed by atoms with Crippen molar-refractivity contribution in [2.75, 3.05) is 6.61 Å². The third-order valence-electron chi connectivity index (χ3n) is 6.08. The highest BCUT2D eigenvalue weighted by molar-refractivity contribution is 8.00. The van der Waals surface area contributed by atoms with Crippen LogP contribution in [0.4, 0.5) is 0 Å². The molecule has 0 amide bonds. The predicted molar refractivity (Wildman–Crippen MR) is 86.0 cm³/mol. The lowest BCUT2D eigenvalue weighted by Gasteiger charge is -2.63. The molecule has 1 aliphatic heterocycles. The number of rotatable bonds is 2. The molecule has 5 rings (SSSR count). The standard InChI is InChI=1S/C18H24O2S/c1-18(2)12-8-14(18)13-10-20-17(21-15(13)9-12)16(19)11-6-4-3-5-7-11/h3-7,12-17,19H,8-10H2,1-2H3/t12-,13+,14+,15+,16+,17-/m1/s1/i17D. The van der Waals surface area contributed by atoms with Gasteiger partial charge in [-0.25, -0.2) is 0 Å². The molecule has 1 saturated heterocycles. The summed E-state index contributed by atoms with van der Waals surface area (Å²) in [5.74, 6) is 2.05. The van der Waals surface area contributed by atoms with Crippen LogP contribution in [0.1, 0.15) is 39.7 Å². The van der Waals surface area contributed by atoms with Gasteiger partial charge in [0.2, 0.25) is 0 Å². The summed E-state index contributed by atoms with van der Waals surface area (Å²) in [7, 11) is 0. The number of benzene rings is 1. The maximum Gasteiger partial charge on any atom is 0.133 e. The van der Waals surface area contributed by atoms with Gasteiger partial charge in [0.05, 0.1) is 7.98 Å². The fraction of sp³-hybridized carbons (Fsp3) is 0.667. The summed E-state index contributed by atoms with van der Waals surface area (Å²) in [5, 5.41) is 11.1. The molecule has 4 fully saturated rings. The molecule has 0 unspecified atom stereocenters. The highest BCUT2D eigenvalue weighted by atomic mass is 32.2. The fourth-order valence-electron chi connectivity index (χ4n) is 4.53. The second-order valence-electron chi connectivity index (χ2n) is 7.36. The first kappa shape index (κ1) is 13.0. The van der Waals surface area contributed by atoms with E-state index in [1.807, 2.05) is 30.3 Å². The molecular formula is C18H24O2S. The van der Waals surface area contributed by atoms with Crippen molar-refractivity contribution in [3.05, 3.63) is 35.9 Å². The zero-order valence-corrected chi connectivity index (χ0v) is 13.5. The molecule has 2 bridgehead atoms. The van der Waals surface area contributed by atoms with Crippen molar-refractivity contribution in [3.63, 3.8) is 0 Å². The fourth-order valence-corrected chi connectivity index (χ4v) is 6.00. The Balaban J connectivity index is 1.53. The summed E-state index contributed by atoms with van der Waals surface area (Å²) < 4.78 is 14.6. The highest BCUT2D eigenvalue weighted by Crippen LogP contribution is 2.64. The van der Waals surface area contributed by atoms with Crippen LogP contribution < -0.4 is 0 Å². The van der Waals surface area contributed by atoms with Crippen LogP contribution in [0.3, 0.4) is 0 Å². The average molecular weight is 305 g/mol. The smallest absolute Gasteiger partial charge is 0.133 e. The molecule has 1 N–H and O–H groups in total. The molecule has 3 aliphatic carbocycles.